The largest absolute Gasteiger partial charge is 0.466 e. The van der Waals surface area contributed by atoms with Crippen LogP contribution in [0.2, 0.25) is 0 Å². The molecule has 0 saturated carbocycles. The molecule has 6 atom stereocenters. The fraction of sp³-hybridized carbons (Fsp3) is 0.556. The number of aliphatic hydroxyl groups excluding tert-OH is 1. The van der Waals surface area contributed by atoms with E-state index in [0.29, 0.717) is 4.90 Å². The lowest BCUT2D eigenvalue weighted by Gasteiger charge is -2.47. The zero-order valence-corrected chi connectivity index (χ0v) is 24.9. The van der Waals surface area contributed by atoms with Gasteiger partial charge in [-0.2, -0.15) is 0 Å². The van der Waals surface area contributed by atoms with Crippen molar-refractivity contribution in [3.8, 4) is 0 Å². The van der Waals surface area contributed by atoms with Crippen LogP contribution in [0.25, 0.3) is 0 Å². The molecule has 42 heavy (non-hydrogen) atoms. The number of amides is 1. The monoisotopic (exact) mass is 613 g/mol. The third-order valence-corrected chi connectivity index (χ3v) is 7.13. The van der Waals surface area contributed by atoms with Crippen molar-refractivity contribution in [1.82, 2.24) is 5.32 Å². The molecule has 14 nitrogen and oxygen atoms in total. The molecule has 1 aromatic carbocycles. The minimum Gasteiger partial charge on any atom is -0.466 e. The second-order valence-electron chi connectivity index (χ2n) is 9.41. The van der Waals surface area contributed by atoms with Crippen LogP contribution in [0, 0.1) is 6.92 Å². The highest BCUT2D eigenvalue weighted by molar-refractivity contribution is 8.01. The van der Waals surface area contributed by atoms with Gasteiger partial charge in [0.25, 0.3) is 5.91 Å². The average Bonchev–Trinajstić information content (AvgIpc) is 2.90. The van der Waals surface area contributed by atoms with Gasteiger partial charge in [-0.15, -0.1) is 0 Å². The average molecular weight is 614 g/mol. The van der Waals surface area contributed by atoms with Crippen LogP contribution < -0.4 is 5.32 Å². The molecule has 1 aromatic rings. The van der Waals surface area contributed by atoms with E-state index in [-0.39, 0.29) is 0 Å². The van der Waals surface area contributed by atoms with Crippen molar-refractivity contribution in [2.24, 2.45) is 0 Å². The Labute approximate surface area is 246 Å². The van der Waals surface area contributed by atoms with E-state index in [1.54, 1.807) is 24.3 Å². The van der Waals surface area contributed by atoms with Crippen molar-refractivity contribution >= 4 is 47.5 Å². The highest BCUT2D eigenvalue weighted by atomic mass is 32.2. The second-order valence-corrected chi connectivity index (χ2v) is 10.7. The maximum absolute atomic E-state index is 13.3. The number of esters is 5. The molecule has 1 amide bonds. The highest BCUT2D eigenvalue weighted by Gasteiger charge is 2.57. The Kier molecular flexibility index (Phi) is 12.7. The lowest BCUT2D eigenvalue weighted by Crippen LogP contribution is -2.67. The number of carbonyl (C=O) groups excluding carboxylic acids is 6. The van der Waals surface area contributed by atoms with Gasteiger partial charge in [-0.1, -0.05) is 29.5 Å². The van der Waals surface area contributed by atoms with E-state index in [1.807, 2.05) is 6.92 Å². The van der Waals surface area contributed by atoms with Crippen molar-refractivity contribution in [3.05, 3.63) is 29.8 Å². The van der Waals surface area contributed by atoms with Crippen LogP contribution >= 0.6 is 11.8 Å². The molecular formula is C27H35NO13S. The van der Waals surface area contributed by atoms with E-state index in [0.717, 1.165) is 52.1 Å². The number of ether oxygens (including phenoxy) is 6. The number of hydrogen-bond donors (Lipinski definition) is 2. The number of nitrogens with one attached hydrogen (secondary N) is 1. The van der Waals surface area contributed by atoms with Crippen LogP contribution in [0.5, 0.6) is 0 Å². The van der Waals surface area contributed by atoms with Gasteiger partial charge in [0.15, 0.2) is 18.8 Å². The molecule has 0 unspecified atom stereocenters. The van der Waals surface area contributed by atoms with Crippen molar-refractivity contribution in [2.45, 2.75) is 81.3 Å². The summed E-state index contributed by atoms with van der Waals surface area (Å²) in [6.07, 6.45) is -6.70. The van der Waals surface area contributed by atoms with Gasteiger partial charge in [0.05, 0.1) is 19.3 Å². The summed E-state index contributed by atoms with van der Waals surface area (Å²) in [6.45, 7) is 4.85. The summed E-state index contributed by atoms with van der Waals surface area (Å²) in [5, 5.41) is 13.9. The number of aliphatic hydroxyl groups is 1. The molecule has 1 aliphatic heterocycles. The smallest absolute Gasteiger partial charge is 0.349 e. The molecule has 232 valence electrons. The molecule has 0 aliphatic carbocycles. The molecule has 1 saturated heterocycles. The molecule has 2 rings (SSSR count). The quantitative estimate of drug-likeness (QED) is 0.246. The minimum absolute atomic E-state index is 0.414. The Morgan fingerprint density at radius 2 is 1.57 bits per heavy atom. The third kappa shape index (κ3) is 9.99. The summed E-state index contributed by atoms with van der Waals surface area (Å²) in [4.78, 5) is 71.6. The van der Waals surface area contributed by atoms with E-state index in [1.165, 1.54) is 0 Å². The SMILES string of the molecule is COC(=O)[C@@]1(Sc2ccc(C)cc2)C[C@H](O)[C@@H](NC(=O)COC(C)=O)[C@H]([C@H](OC(C)=O)[C@@H](COC(C)=O)OC(C)=O)O1. The van der Waals surface area contributed by atoms with Crippen LogP contribution in [0.1, 0.15) is 39.7 Å². The topological polar surface area (TPSA) is 190 Å². The summed E-state index contributed by atoms with van der Waals surface area (Å²) in [6, 6.07) is 5.60. The van der Waals surface area contributed by atoms with Crippen LogP contribution in [0.15, 0.2) is 29.2 Å². The third-order valence-electron chi connectivity index (χ3n) is 5.87. The van der Waals surface area contributed by atoms with Gasteiger partial charge in [0.1, 0.15) is 12.7 Å². The Bertz CT molecular complexity index is 1160. The van der Waals surface area contributed by atoms with Crippen molar-refractivity contribution in [1.29, 1.82) is 0 Å². The standard InChI is InChI=1S/C27H35NO13S/c1-14-7-9-19(10-8-14)42-27(26(35)36-6)11-20(33)23(28-22(34)13-38-16(3)30)25(41-27)24(40-18(5)32)21(39-17(4)31)12-37-15(2)29/h7-10,20-21,23-25,33H,11-13H2,1-6H3,(H,28,34)/t20-,21+,23+,24+,25+,27-/m0/s1. The number of benzene rings is 1. The molecule has 15 heteroatoms. The normalized spacial score (nSPS) is 23.0. The van der Waals surface area contributed by atoms with Gasteiger partial charge in [-0.25, -0.2) is 4.79 Å². The first kappa shape index (κ1) is 34.5. The number of methoxy groups -OCH3 is 1. The molecule has 1 aliphatic rings. The predicted molar refractivity (Wildman–Crippen MR) is 144 cm³/mol. The Morgan fingerprint density at radius 3 is 2.10 bits per heavy atom. The molecule has 2 N–H and O–H groups in total. The summed E-state index contributed by atoms with van der Waals surface area (Å²) >= 11 is 0.904. The zero-order valence-electron chi connectivity index (χ0n) is 24.1. The fourth-order valence-corrected chi connectivity index (χ4v) is 5.39. The molecule has 1 fully saturated rings. The van der Waals surface area contributed by atoms with Crippen molar-refractivity contribution < 1.29 is 62.3 Å². The first-order valence-electron chi connectivity index (χ1n) is 12.8. The molecule has 0 spiro atoms. The molecule has 0 bridgehead atoms. The van der Waals surface area contributed by atoms with Crippen LogP contribution in [-0.2, 0) is 57.2 Å². The van der Waals surface area contributed by atoms with E-state index in [2.05, 4.69) is 5.32 Å². The molecule has 1 heterocycles. The van der Waals surface area contributed by atoms with Crippen molar-refractivity contribution in [2.75, 3.05) is 20.3 Å². The first-order chi connectivity index (χ1) is 19.7. The summed E-state index contributed by atoms with van der Waals surface area (Å²) in [7, 11) is 1.11. The lowest BCUT2D eigenvalue weighted by molar-refractivity contribution is -0.220. The maximum Gasteiger partial charge on any atom is 0.349 e. The fourth-order valence-electron chi connectivity index (χ4n) is 4.15. The Hall–Kier alpha value is -3.69. The van der Waals surface area contributed by atoms with Crippen LogP contribution in [0.4, 0.5) is 0 Å². The van der Waals surface area contributed by atoms with Gasteiger partial charge < -0.3 is 38.8 Å². The maximum atomic E-state index is 13.3. The molecule has 0 radical (unpaired) electrons. The lowest BCUT2D eigenvalue weighted by atomic mass is 9.89. The zero-order chi connectivity index (χ0) is 31.6. The van der Waals surface area contributed by atoms with Crippen LogP contribution in [-0.4, -0.2) is 96.6 Å². The molecule has 0 aromatic heterocycles. The number of rotatable bonds is 12. The Morgan fingerprint density at radius 1 is 0.976 bits per heavy atom. The summed E-state index contributed by atoms with van der Waals surface area (Å²) < 4.78 is 31.9. The van der Waals surface area contributed by atoms with Gasteiger partial charge in [0.2, 0.25) is 4.93 Å². The van der Waals surface area contributed by atoms with Gasteiger partial charge in [-0.05, 0) is 19.1 Å². The summed E-state index contributed by atoms with van der Waals surface area (Å²) in [5.74, 6) is -4.98. The highest BCUT2D eigenvalue weighted by Crippen LogP contribution is 2.45. The number of thioether (sulfide) groups is 1. The first-order valence-corrected chi connectivity index (χ1v) is 13.6. The van der Waals surface area contributed by atoms with Gasteiger partial charge in [0, 0.05) is 39.0 Å². The van der Waals surface area contributed by atoms with Gasteiger partial charge in [-0.3, -0.25) is 24.0 Å². The minimum atomic E-state index is -1.95. The van der Waals surface area contributed by atoms with E-state index in [4.69, 9.17) is 28.4 Å². The van der Waals surface area contributed by atoms with E-state index in [9.17, 15) is 33.9 Å². The van der Waals surface area contributed by atoms with Crippen LogP contribution in [0.3, 0.4) is 0 Å². The predicted octanol–water partition coefficient (Wildman–Crippen LogP) is 0.581. The number of carbonyl (C=O) groups is 6. The van der Waals surface area contributed by atoms with Gasteiger partial charge >= 0.3 is 29.8 Å². The Balaban J connectivity index is 2.66. The number of hydrogen-bond acceptors (Lipinski definition) is 14. The van der Waals surface area contributed by atoms with Crippen molar-refractivity contribution in [3.63, 3.8) is 0 Å². The summed E-state index contributed by atoms with van der Waals surface area (Å²) in [5.41, 5.74) is 0.939. The van der Waals surface area contributed by atoms with E-state index < -0.39 is 90.8 Å². The molecular weight excluding hydrogens is 578 g/mol. The van der Waals surface area contributed by atoms with E-state index >= 15 is 0 Å². The number of aryl methyl sites for hydroxylation is 1. The second kappa shape index (κ2) is 15.5.